The van der Waals surface area contributed by atoms with Crippen LogP contribution < -0.4 is 0 Å². The van der Waals surface area contributed by atoms with E-state index in [-0.39, 0.29) is 19.1 Å². The Kier molecular flexibility index (Phi) is 6.40. The first-order valence-corrected chi connectivity index (χ1v) is 5.70. The number of hydrogen-bond donors (Lipinski definition) is 0. The molecule has 0 saturated carbocycles. The molecule has 0 rings (SSSR count). The maximum atomic E-state index is 12.1. The lowest BCUT2D eigenvalue weighted by atomic mass is 10.0. The van der Waals surface area contributed by atoms with E-state index in [0.29, 0.717) is 0 Å². The molecule has 0 fully saturated rings. The van der Waals surface area contributed by atoms with E-state index < -0.39 is 11.6 Å². The first kappa shape index (κ1) is 16.4. The van der Waals surface area contributed by atoms with Crippen molar-refractivity contribution in [2.24, 2.45) is 0 Å². The van der Waals surface area contributed by atoms with Crippen molar-refractivity contribution < 1.29 is 19.2 Å². The van der Waals surface area contributed by atoms with Crippen molar-refractivity contribution in [3.63, 3.8) is 0 Å². The van der Waals surface area contributed by atoms with Crippen LogP contribution >= 0.6 is 0 Å². The molecule has 0 N–H and O–H groups in total. The average molecular weight is 258 g/mol. The van der Waals surface area contributed by atoms with Gasteiger partial charge in [-0.3, -0.25) is 14.5 Å². The van der Waals surface area contributed by atoms with Gasteiger partial charge in [-0.25, -0.2) is 9.86 Å². The van der Waals surface area contributed by atoms with Crippen LogP contribution in [-0.4, -0.2) is 54.8 Å². The SMILES string of the molecule is C=CCN(C(=O)OCC)C(C)(C)C(=O)N(C)OC. The Morgan fingerprint density at radius 2 is 1.94 bits per heavy atom. The second kappa shape index (κ2) is 7.00. The smallest absolute Gasteiger partial charge is 0.410 e. The molecule has 0 heterocycles. The zero-order valence-corrected chi connectivity index (χ0v) is 11.7. The number of carbonyl (C=O) groups is 2. The predicted octanol–water partition coefficient (Wildman–Crippen LogP) is 1.43. The highest BCUT2D eigenvalue weighted by Crippen LogP contribution is 2.18. The molecule has 0 spiro atoms. The molecule has 6 nitrogen and oxygen atoms in total. The van der Waals surface area contributed by atoms with Gasteiger partial charge in [0.05, 0.1) is 13.7 Å². The van der Waals surface area contributed by atoms with E-state index in [4.69, 9.17) is 9.57 Å². The molecule has 0 bridgehead atoms. The second-order valence-corrected chi connectivity index (χ2v) is 4.14. The van der Waals surface area contributed by atoms with Crippen LogP contribution in [0, 0.1) is 0 Å². The minimum Gasteiger partial charge on any atom is -0.450 e. The number of hydrogen-bond acceptors (Lipinski definition) is 4. The van der Waals surface area contributed by atoms with E-state index in [0.717, 1.165) is 5.06 Å². The average Bonchev–Trinajstić information content (AvgIpc) is 2.33. The third kappa shape index (κ3) is 3.73. The van der Waals surface area contributed by atoms with E-state index >= 15 is 0 Å². The molecule has 0 aromatic heterocycles. The van der Waals surface area contributed by atoms with Crippen LogP contribution in [-0.2, 0) is 14.4 Å². The molecule has 0 aromatic rings. The molecule has 0 unspecified atom stereocenters. The quantitative estimate of drug-likeness (QED) is 0.534. The normalized spacial score (nSPS) is 10.7. The Bertz CT molecular complexity index is 315. The van der Waals surface area contributed by atoms with Gasteiger partial charge in [0.15, 0.2) is 0 Å². The number of likely N-dealkylation sites (N-methyl/N-ethyl adjacent to an activating group) is 1. The Morgan fingerprint density at radius 1 is 1.39 bits per heavy atom. The van der Waals surface area contributed by atoms with Gasteiger partial charge in [-0.2, -0.15) is 0 Å². The largest absolute Gasteiger partial charge is 0.450 e. The number of nitrogens with zero attached hydrogens (tertiary/aromatic N) is 2. The van der Waals surface area contributed by atoms with Gasteiger partial charge in [0.2, 0.25) is 0 Å². The zero-order valence-electron chi connectivity index (χ0n) is 11.7. The molecule has 6 heteroatoms. The summed E-state index contributed by atoms with van der Waals surface area (Å²) in [7, 11) is 2.87. The van der Waals surface area contributed by atoms with Gasteiger partial charge in [0.25, 0.3) is 5.91 Å². The summed E-state index contributed by atoms with van der Waals surface area (Å²) in [6.07, 6.45) is 0.985. The topological polar surface area (TPSA) is 59.1 Å². The van der Waals surface area contributed by atoms with Gasteiger partial charge >= 0.3 is 6.09 Å². The number of rotatable bonds is 6. The van der Waals surface area contributed by atoms with Crippen molar-refractivity contribution >= 4 is 12.0 Å². The van der Waals surface area contributed by atoms with Gasteiger partial charge < -0.3 is 4.74 Å². The minimum atomic E-state index is -1.08. The van der Waals surface area contributed by atoms with Gasteiger partial charge in [-0.1, -0.05) is 6.08 Å². The molecule has 104 valence electrons. The number of carbonyl (C=O) groups excluding carboxylic acids is 2. The second-order valence-electron chi connectivity index (χ2n) is 4.14. The van der Waals surface area contributed by atoms with Crippen LogP contribution in [0.1, 0.15) is 20.8 Å². The molecule has 0 saturated heterocycles. The Labute approximate surface area is 108 Å². The fourth-order valence-electron chi connectivity index (χ4n) is 1.45. The highest BCUT2D eigenvalue weighted by Gasteiger charge is 2.40. The Morgan fingerprint density at radius 3 is 2.33 bits per heavy atom. The summed E-state index contributed by atoms with van der Waals surface area (Å²) in [5, 5.41) is 1.08. The molecular weight excluding hydrogens is 236 g/mol. The van der Waals surface area contributed by atoms with Crippen molar-refractivity contribution in [3.05, 3.63) is 12.7 Å². The summed E-state index contributed by atoms with van der Waals surface area (Å²) in [6, 6.07) is 0. The van der Waals surface area contributed by atoms with E-state index in [1.807, 2.05) is 0 Å². The lowest BCUT2D eigenvalue weighted by molar-refractivity contribution is -0.179. The van der Waals surface area contributed by atoms with E-state index in [1.165, 1.54) is 19.1 Å². The number of ether oxygens (including phenoxy) is 1. The molecule has 0 aromatic carbocycles. The Hall–Kier alpha value is -1.56. The summed E-state index contributed by atoms with van der Waals surface area (Å²) >= 11 is 0. The van der Waals surface area contributed by atoms with Crippen LogP contribution in [0.4, 0.5) is 4.79 Å². The lowest BCUT2D eigenvalue weighted by Gasteiger charge is -2.37. The third-order valence-corrected chi connectivity index (χ3v) is 2.56. The first-order chi connectivity index (χ1) is 8.32. The molecule has 0 aliphatic carbocycles. The predicted molar refractivity (Wildman–Crippen MR) is 67.8 cm³/mol. The molecule has 18 heavy (non-hydrogen) atoms. The van der Waals surface area contributed by atoms with Crippen LogP contribution in [0.3, 0.4) is 0 Å². The fraction of sp³-hybridized carbons (Fsp3) is 0.667. The number of hydroxylamine groups is 2. The summed E-state index contributed by atoms with van der Waals surface area (Å²) in [5.41, 5.74) is -1.08. The van der Waals surface area contributed by atoms with Gasteiger partial charge in [-0.15, -0.1) is 6.58 Å². The molecular formula is C12H22N2O4. The van der Waals surface area contributed by atoms with Crippen molar-refractivity contribution in [1.82, 2.24) is 9.96 Å². The lowest BCUT2D eigenvalue weighted by Crippen LogP contribution is -2.57. The van der Waals surface area contributed by atoms with Crippen LogP contribution in [0.5, 0.6) is 0 Å². The van der Waals surface area contributed by atoms with E-state index in [2.05, 4.69) is 6.58 Å². The molecule has 0 radical (unpaired) electrons. The zero-order chi connectivity index (χ0) is 14.3. The van der Waals surface area contributed by atoms with Gasteiger partial charge in [0, 0.05) is 13.6 Å². The van der Waals surface area contributed by atoms with E-state index in [1.54, 1.807) is 26.8 Å². The standard InChI is InChI=1S/C12H22N2O4/c1-7-9-14(11(16)18-8-2)12(3,4)10(15)13(5)17-6/h7H,1,8-9H2,2-6H3. The maximum Gasteiger partial charge on any atom is 0.410 e. The van der Waals surface area contributed by atoms with Crippen molar-refractivity contribution in [3.8, 4) is 0 Å². The van der Waals surface area contributed by atoms with Crippen molar-refractivity contribution in [1.29, 1.82) is 0 Å². The highest BCUT2D eigenvalue weighted by molar-refractivity contribution is 5.88. The van der Waals surface area contributed by atoms with Crippen molar-refractivity contribution in [2.75, 3.05) is 27.3 Å². The molecule has 0 aliphatic rings. The van der Waals surface area contributed by atoms with E-state index in [9.17, 15) is 9.59 Å². The summed E-state index contributed by atoms with van der Waals surface area (Å²) < 4.78 is 4.93. The van der Waals surface area contributed by atoms with Gasteiger partial charge in [-0.05, 0) is 20.8 Å². The molecule has 0 aliphatic heterocycles. The number of amides is 2. The molecule has 2 amide bonds. The maximum absolute atomic E-state index is 12.1. The fourth-order valence-corrected chi connectivity index (χ4v) is 1.45. The van der Waals surface area contributed by atoms with Crippen LogP contribution in [0.2, 0.25) is 0 Å². The highest BCUT2D eigenvalue weighted by atomic mass is 16.7. The van der Waals surface area contributed by atoms with Crippen LogP contribution in [0.25, 0.3) is 0 Å². The van der Waals surface area contributed by atoms with Crippen molar-refractivity contribution in [2.45, 2.75) is 26.3 Å². The minimum absolute atomic E-state index is 0.217. The third-order valence-electron chi connectivity index (χ3n) is 2.56. The van der Waals surface area contributed by atoms with Gasteiger partial charge in [0.1, 0.15) is 5.54 Å². The summed E-state index contributed by atoms with van der Waals surface area (Å²) in [6.45, 7) is 9.01. The summed E-state index contributed by atoms with van der Waals surface area (Å²) in [5.74, 6) is -0.347. The molecule has 0 atom stereocenters. The summed E-state index contributed by atoms with van der Waals surface area (Å²) in [4.78, 5) is 30.1. The monoisotopic (exact) mass is 258 g/mol. The van der Waals surface area contributed by atoms with Crippen LogP contribution in [0.15, 0.2) is 12.7 Å². The first-order valence-electron chi connectivity index (χ1n) is 5.70. The Balaban J connectivity index is 5.13.